The smallest absolute Gasteiger partial charge is 0.230 e. The standard InChI is InChI=1S/C10H10N4/c11-8-9-4-5-12-10(13-9)14-6-2-1-3-7-14/h2,4-6H,1,3,7H2. The predicted molar refractivity (Wildman–Crippen MR) is 52.5 cm³/mol. The number of anilines is 1. The molecular formula is C10H10N4. The van der Waals surface area contributed by atoms with Gasteiger partial charge in [-0.1, -0.05) is 6.08 Å². The maximum Gasteiger partial charge on any atom is 0.230 e. The molecule has 0 bridgehead atoms. The van der Waals surface area contributed by atoms with Crippen LogP contribution in [0.5, 0.6) is 0 Å². The highest BCUT2D eigenvalue weighted by Crippen LogP contribution is 2.13. The second kappa shape index (κ2) is 3.88. The van der Waals surface area contributed by atoms with Crippen LogP contribution in [0.15, 0.2) is 24.5 Å². The van der Waals surface area contributed by atoms with Crippen LogP contribution in [0.1, 0.15) is 18.5 Å². The Hall–Kier alpha value is -1.89. The van der Waals surface area contributed by atoms with Gasteiger partial charge in [0.05, 0.1) is 0 Å². The molecule has 1 aromatic rings. The van der Waals surface area contributed by atoms with E-state index >= 15 is 0 Å². The van der Waals surface area contributed by atoms with Crippen molar-refractivity contribution in [3.63, 3.8) is 0 Å². The summed E-state index contributed by atoms with van der Waals surface area (Å²) in [5.41, 5.74) is 0.411. The molecule has 0 atom stereocenters. The Morgan fingerprint density at radius 3 is 3.14 bits per heavy atom. The van der Waals surface area contributed by atoms with E-state index < -0.39 is 0 Å². The van der Waals surface area contributed by atoms with Crippen molar-refractivity contribution in [3.05, 3.63) is 30.2 Å². The normalized spacial score (nSPS) is 15.2. The number of nitriles is 1. The average molecular weight is 186 g/mol. The summed E-state index contributed by atoms with van der Waals surface area (Å²) in [4.78, 5) is 10.2. The second-order valence-electron chi connectivity index (χ2n) is 3.07. The van der Waals surface area contributed by atoms with Gasteiger partial charge >= 0.3 is 0 Å². The lowest BCUT2D eigenvalue weighted by Gasteiger charge is -2.20. The summed E-state index contributed by atoms with van der Waals surface area (Å²) in [6.07, 6.45) is 7.89. The van der Waals surface area contributed by atoms with Crippen molar-refractivity contribution in [2.75, 3.05) is 11.4 Å². The van der Waals surface area contributed by atoms with Gasteiger partial charge in [0.1, 0.15) is 11.8 Å². The van der Waals surface area contributed by atoms with Gasteiger partial charge in [-0.2, -0.15) is 5.26 Å². The molecule has 0 amide bonds. The molecule has 1 aromatic heterocycles. The Bertz CT molecular complexity index is 391. The van der Waals surface area contributed by atoms with Gasteiger partial charge in [0.15, 0.2) is 0 Å². The first kappa shape index (κ1) is 8.70. The fourth-order valence-electron chi connectivity index (χ4n) is 1.37. The van der Waals surface area contributed by atoms with E-state index in [1.807, 2.05) is 17.2 Å². The molecule has 0 saturated carbocycles. The Morgan fingerprint density at radius 1 is 1.50 bits per heavy atom. The number of hydrogen-bond acceptors (Lipinski definition) is 4. The summed E-state index contributed by atoms with van der Waals surface area (Å²) >= 11 is 0. The molecule has 0 spiro atoms. The van der Waals surface area contributed by atoms with Crippen LogP contribution < -0.4 is 4.90 Å². The zero-order valence-corrected chi connectivity index (χ0v) is 7.72. The fourth-order valence-corrected chi connectivity index (χ4v) is 1.37. The van der Waals surface area contributed by atoms with Gasteiger partial charge in [-0.3, -0.25) is 0 Å². The topological polar surface area (TPSA) is 52.8 Å². The van der Waals surface area contributed by atoms with E-state index in [1.165, 1.54) is 0 Å². The first-order valence-electron chi connectivity index (χ1n) is 4.56. The van der Waals surface area contributed by atoms with Crippen LogP contribution >= 0.6 is 0 Å². The zero-order valence-electron chi connectivity index (χ0n) is 7.72. The number of hydrogen-bond donors (Lipinski definition) is 0. The molecule has 1 aliphatic heterocycles. The zero-order chi connectivity index (χ0) is 9.80. The maximum atomic E-state index is 8.68. The number of rotatable bonds is 1. The van der Waals surface area contributed by atoms with E-state index in [9.17, 15) is 0 Å². The Balaban J connectivity index is 2.27. The minimum Gasteiger partial charge on any atom is -0.317 e. The molecule has 4 nitrogen and oxygen atoms in total. The third-order valence-electron chi connectivity index (χ3n) is 2.07. The van der Waals surface area contributed by atoms with Gasteiger partial charge in [-0.15, -0.1) is 0 Å². The summed E-state index contributed by atoms with van der Waals surface area (Å²) < 4.78 is 0. The predicted octanol–water partition coefficient (Wildman–Crippen LogP) is 1.46. The van der Waals surface area contributed by atoms with Crippen molar-refractivity contribution in [2.45, 2.75) is 12.8 Å². The molecule has 0 radical (unpaired) electrons. The lowest BCUT2D eigenvalue weighted by molar-refractivity contribution is 0.766. The highest BCUT2D eigenvalue weighted by Gasteiger charge is 2.09. The van der Waals surface area contributed by atoms with Gasteiger partial charge in [0.2, 0.25) is 5.95 Å². The van der Waals surface area contributed by atoms with Gasteiger partial charge in [0.25, 0.3) is 0 Å². The van der Waals surface area contributed by atoms with Crippen molar-refractivity contribution >= 4 is 5.95 Å². The van der Waals surface area contributed by atoms with E-state index in [0.29, 0.717) is 11.6 Å². The van der Waals surface area contributed by atoms with Gasteiger partial charge in [0, 0.05) is 18.9 Å². The van der Waals surface area contributed by atoms with Gasteiger partial charge in [-0.05, 0) is 18.9 Å². The molecular weight excluding hydrogens is 176 g/mol. The summed E-state index contributed by atoms with van der Waals surface area (Å²) in [5, 5.41) is 8.68. The molecule has 1 aliphatic rings. The third-order valence-corrected chi connectivity index (χ3v) is 2.07. The molecule has 0 aromatic carbocycles. The van der Waals surface area contributed by atoms with Crippen molar-refractivity contribution in [1.29, 1.82) is 5.26 Å². The lowest BCUT2D eigenvalue weighted by atomic mass is 10.2. The average Bonchev–Trinajstić information content (AvgIpc) is 2.30. The van der Waals surface area contributed by atoms with Crippen LogP contribution in [-0.4, -0.2) is 16.5 Å². The summed E-state index contributed by atoms with van der Waals surface area (Å²) in [6.45, 7) is 0.922. The lowest BCUT2D eigenvalue weighted by Crippen LogP contribution is -2.22. The van der Waals surface area contributed by atoms with Crippen LogP contribution in [0.4, 0.5) is 5.95 Å². The Labute approximate surface area is 82.5 Å². The Morgan fingerprint density at radius 2 is 2.43 bits per heavy atom. The molecule has 0 saturated heterocycles. The minimum atomic E-state index is 0.411. The van der Waals surface area contributed by atoms with Crippen LogP contribution in [-0.2, 0) is 0 Å². The van der Waals surface area contributed by atoms with Crippen molar-refractivity contribution in [3.8, 4) is 6.07 Å². The molecule has 2 heterocycles. The van der Waals surface area contributed by atoms with Crippen LogP contribution in [0.25, 0.3) is 0 Å². The molecule has 0 fully saturated rings. The summed E-state index contributed by atoms with van der Waals surface area (Å²) in [7, 11) is 0. The highest BCUT2D eigenvalue weighted by atomic mass is 15.2. The first-order valence-corrected chi connectivity index (χ1v) is 4.56. The molecule has 4 heteroatoms. The fraction of sp³-hybridized carbons (Fsp3) is 0.300. The number of allylic oxidation sites excluding steroid dienone is 1. The van der Waals surface area contributed by atoms with E-state index in [2.05, 4.69) is 16.0 Å². The van der Waals surface area contributed by atoms with E-state index in [-0.39, 0.29) is 0 Å². The summed E-state index contributed by atoms with van der Waals surface area (Å²) in [5.74, 6) is 0.611. The van der Waals surface area contributed by atoms with Crippen LogP contribution in [0.2, 0.25) is 0 Å². The minimum absolute atomic E-state index is 0.411. The Kier molecular flexibility index (Phi) is 2.41. The van der Waals surface area contributed by atoms with Crippen molar-refractivity contribution in [1.82, 2.24) is 9.97 Å². The summed E-state index contributed by atoms with van der Waals surface area (Å²) in [6, 6.07) is 3.61. The molecule has 14 heavy (non-hydrogen) atoms. The van der Waals surface area contributed by atoms with Crippen molar-refractivity contribution < 1.29 is 0 Å². The molecule has 0 unspecified atom stereocenters. The van der Waals surface area contributed by atoms with Gasteiger partial charge < -0.3 is 4.90 Å². The van der Waals surface area contributed by atoms with E-state index in [0.717, 1.165) is 19.4 Å². The van der Waals surface area contributed by atoms with Gasteiger partial charge in [-0.25, -0.2) is 9.97 Å². The molecule has 2 rings (SSSR count). The maximum absolute atomic E-state index is 8.68. The first-order chi connectivity index (χ1) is 6.90. The number of nitrogens with zero attached hydrogens (tertiary/aromatic N) is 4. The van der Waals surface area contributed by atoms with Crippen LogP contribution in [0, 0.1) is 11.3 Å². The highest BCUT2D eigenvalue weighted by molar-refractivity contribution is 5.37. The molecule has 0 N–H and O–H groups in total. The third kappa shape index (κ3) is 1.72. The number of aromatic nitrogens is 2. The van der Waals surface area contributed by atoms with E-state index in [4.69, 9.17) is 5.26 Å². The quantitative estimate of drug-likeness (QED) is 0.666. The SMILES string of the molecule is N#Cc1ccnc(N2C=CCCC2)n1. The van der Waals surface area contributed by atoms with E-state index in [1.54, 1.807) is 12.3 Å². The molecule has 70 valence electrons. The van der Waals surface area contributed by atoms with Crippen LogP contribution in [0.3, 0.4) is 0 Å². The monoisotopic (exact) mass is 186 g/mol. The second-order valence-corrected chi connectivity index (χ2v) is 3.07. The largest absolute Gasteiger partial charge is 0.317 e. The van der Waals surface area contributed by atoms with Crippen molar-refractivity contribution in [2.24, 2.45) is 0 Å². The molecule has 0 aliphatic carbocycles.